The van der Waals surface area contributed by atoms with Gasteiger partial charge >= 0.3 is 6.03 Å². The standard InChI is InChI=1S/C29H29N3O2S/c1-2-34-22-16-14-20(15-17-22)27-25-12-8-18-31(25)28-24(23-11-6-7-13-26(23)35-28)19-32(27)29(33)30-21-9-4-3-5-10-21/h3-5,8-10,12,14-18,27H,2,6-7,11,13,19H2,1H3,(H,30,33). The summed E-state index contributed by atoms with van der Waals surface area (Å²) < 4.78 is 8.00. The van der Waals surface area contributed by atoms with Crippen molar-refractivity contribution in [1.29, 1.82) is 0 Å². The summed E-state index contributed by atoms with van der Waals surface area (Å²) in [6, 6.07) is 21.8. The maximum Gasteiger partial charge on any atom is 0.322 e. The first-order valence-corrected chi connectivity index (χ1v) is 13.2. The van der Waals surface area contributed by atoms with E-state index in [0.717, 1.165) is 35.5 Å². The largest absolute Gasteiger partial charge is 0.494 e. The van der Waals surface area contributed by atoms with Crippen LogP contribution in [-0.2, 0) is 19.4 Å². The molecule has 6 rings (SSSR count). The van der Waals surface area contributed by atoms with E-state index in [-0.39, 0.29) is 12.1 Å². The van der Waals surface area contributed by atoms with Crippen LogP contribution >= 0.6 is 11.3 Å². The van der Waals surface area contributed by atoms with Crippen LogP contribution in [0.1, 0.15) is 53.1 Å². The number of urea groups is 1. The van der Waals surface area contributed by atoms with E-state index < -0.39 is 0 Å². The SMILES string of the molecule is CCOc1ccc(C2c3cccn3-c3sc4c(c3CN2C(=O)Nc2ccccc2)CCCC4)cc1. The zero-order valence-corrected chi connectivity index (χ0v) is 20.7. The number of ether oxygens (including phenoxy) is 1. The van der Waals surface area contributed by atoms with Gasteiger partial charge in [-0.25, -0.2) is 4.79 Å². The molecular weight excluding hydrogens is 454 g/mol. The number of fused-ring (bicyclic) bond motifs is 5. The second-order valence-electron chi connectivity index (χ2n) is 9.13. The minimum Gasteiger partial charge on any atom is -0.494 e. The highest BCUT2D eigenvalue weighted by Gasteiger charge is 2.36. The van der Waals surface area contributed by atoms with Crippen LogP contribution in [0.2, 0.25) is 0 Å². The van der Waals surface area contributed by atoms with E-state index in [4.69, 9.17) is 4.74 Å². The maximum atomic E-state index is 13.9. The molecule has 178 valence electrons. The van der Waals surface area contributed by atoms with E-state index in [9.17, 15) is 4.79 Å². The van der Waals surface area contributed by atoms with E-state index in [1.165, 1.54) is 33.8 Å². The van der Waals surface area contributed by atoms with Crippen LogP contribution in [0.3, 0.4) is 0 Å². The molecule has 35 heavy (non-hydrogen) atoms. The van der Waals surface area contributed by atoms with Gasteiger partial charge in [0.05, 0.1) is 24.9 Å². The molecule has 1 aliphatic heterocycles. The van der Waals surface area contributed by atoms with Gasteiger partial charge in [0.1, 0.15) is 10.8 Å². The summed E-state index contributed by atoms with van der Waals surface area (Å²) in [5, 5.41) is 4.42. The summed E-state index contributed by atoms with van der Waals surface area (Å²) in [6.45, 7) is 3.20. The van der Waals surface area contributed by atoms with Gasteiger partial charge < -0.3 is 19.5 Å². The van der Waals surface area contributed by atoms with Gasteiger partial charge in [0, 0.05) is 22.3 Å². The molecule has 0 spiro atoms. The normalized spacial score (nSPS) is 16.6. The predicted molar refractivity (Wildman–Crippen MR) is 141 cm³/mol. The predicted octanol–water partition coefficient (Wildman–Crippen LogP) is 6.95. The Kier molecular flexibility index (Phi) is 5.82. The highest BCUT2D eigenvalue weighted by molar-refractivity contribution is 7.15. The van der Waals surface area contributed by atoms with Crippen LogP contribution in [0.15, 0.2) is 72.9 Å². The monoisotopic (exact) mass is 483 g/mol. The average molecular weight is 484 g/mol. The number of carbonyl (C=O) groups excluding carboxylic acids is 1. The zero-order chi connectivity index (χ0) is 23.8. The van der Waals surface area contributed by atoms with Gasteiger partial charge in [-0.3, -0.25) is 0 Å². The van der Waals surface area contributed by atoms with Crippen molar-refractivity contribution in [1.82, 2.24) is 9.47 Å². The van der Waals surface area contributed by atoms with Crippen molar-refractivity contribution in [3.05, 3.63) is 100 Å². The van der Waals surface area contributed by atoms with Crippen molar-refractivity contribution in [3.63, 3.8) is 0 Å². The lowest BCUT2D eigenvalue weighted by Gasteiger charge is -2.31. The molecule has 3 heterocycles. The molecule has 2 aliphatic rings. The number of nitrogens with one attached hydrogen (secondary N) is 1. The van der Waals surface area contributed by atoms with E-state index >= 15 is 0 Å². The lowest BCUT2D eigenvalue weighted by Crippen LogP contribution is -2.38. The van der Waals surface area contributed by atoms with Gasteiger partial charge in [0.2, 0.25) is 0 Å². The molecule has 2 amide bonds. The smallest absolute Gasteiger partial charge is 0.322 e. The highest BCUT2D eigenvalue weighted by Crippen LogP contribution is 2.44. The van der Waals surface area contributed by atoms with Crippen molar-refractivity contribution >= 4 is 23.1 Å². The maximum absolute atomic E-state index is 13.9. The molecule has 5 nitrogen and oxygen atoms in total. The molecule has 6 heteroatoms. The van der Waals surface area contributed by atoms with Crippen LogP contribution in [0.25, 0.3) is 5.00 Å². The lowest BCUT2D eigenvalue weighted by molar-refractivity contribution is 0.194. The summed E-state index contributed by atoms with van der Waals surface area (Å²) >= 11 is 1.91. The van der Waals surface area contributed by atoms with E-state index in [1.807, 2.05) is 65.6 Å². The number of rotatable bonds is 4. The minimum absolute atomic E-state index is 0.0913. The Balaban J connectivity index is 1.48. The number of anilines is 1. The molecule has 1 atom stereocenters. The molecule has 1 aliphatic carbocycles. The first-order valence-electron chi connectivity index (χ1n) is 12.4. The first-order chi connectivity index (χ1) is 17.2. The van der Waals surface area contributed by atoms with E-state index in [2.05, 4.69) is 40.3 Å². The Hall–Kier alpha value is -3.51. The molecule has 0 saturated carbocycles. The van der Waals surface area contributed by atoms with E-state index in [1.54, 1.807) is 0 Å². The van der Waals surface area contributed by atoms with Crippen molar-refractivity contribution in [2.75, 3.05) is 11.9 Å². The second kappa shape index (κ2) is 9.27. The summed E-state index contributed by atoms with van der Waals surface area (Å²) in [5.41, 5.74) is 5.74. The van der Waals surface area contributed by atoms with Crippen LogP contribution in [0.4, 0.5) is 10.5 Å². The Bertz CT molecular complexity index is 1340. The molecule has 0 radical (unpaired) electrons. The fraction of sp³-hybridized carbons (Fsp3) is 0.276. The van der Waals surface area contributed by atoms with Crippen LogP contribution in [0, 0.1) is 0 Å². The molecule has 2 aromatic heterocycles. The number of thiophene rings is 1. The molecule has 0 fully saturated rings. The molecule has 0 bridgehead atoms. The summed E-state index contributed by atoms with van der Waals surface area (Å²) in [4.78, 5) is 17.4. The van der Waals surface area contributed by atoms with Gasteiger partial charge in [-0.15, -0.1) is 11.3 Å². The molecule has 0 saturated heterocycles. The molecule has 4 aromatic rings. The number of nitrogens with zero attached hydrogens (tertiary/aromatic N) is 2. The number of para-hydroxylation sites is 1. The van der Waals surface area contributed by atoms with Crippen LogP contribution in [0.5, 0.6) is 5.75 Å². The second-order valence-corrected chi connectivity index (χ2v) is 10.2. The highest BCUT2D eigenvalue weighted by atomic mass is 32.1. The van der Waals surface area contributed by atoms with Crippen LogP contribution < -0.4 is 10.1 Å². The Morgan fingerprint density at radius 2 is 1.80 bits per heavy atom. The fourth-order valence-corrected chi connectivity index (χ4v) is 6.77. The fourth-order valence-electron chi connectivity index (χ4n) is 5.37. The van der Waals surface area contributed by atoms with Gasteiger partial charge in [0.15, 0.2) is 0 Å². The van der Waals surface area contributed by atoms with Gasteiger partial charge in [-0.2, -0.15) is 0 Å². The number of benzene rings is 2. The van der Waals surface area contributed by atoms with Crippen LogP contribution in [-0.4, -0.2) is 22.1 Å². The molecular formula is C29H29N3O2S. The van der Waals surface area contributed by atoms with Crippen molar-refractivity contribution in [2.24, 2.45) is 0 Å². The quantitative estimate of drug-likeness (QED) is 0.341. The third kappa shape index (κ3) is 4.02. The Morgan fingerprint density at radius 1 is 1.00 bits per heavy atom. The average Bonchev–Trinajstić information content (AvgIpc) is 3.47. The van der Waals surface area contributed by atoms with Crippen molar-refractivity contribution < 1.29 is 9.53 Å². The number of carbonyl (C=O) groups is 1. The van der Waals surface area contributed by atoms with Gasteiger partial charge in [-0.05, 0) is 80.1 Å². The third-order valence-corrected chi connectivity index (χ3v) is 8.31. The van der Waals surface area contributed by atoms with Gasteiger partial charge in [-0.1, -0.05) is 30.3 Å². The topological polar surface area (TPSA) is 46.5 Å². The molecule has 1 unspecified atom stereocenters. The van der Waals surface area contributed by atoms with Gasteiger partial charge in [0.25, 0.3) is 0 Å². The van der Waals surface area contributed by atoms with E-state index in [0.29, 0.717) is 13.2 Å². The summed E-state index contributed by atoms with van der Waals surface area (Å²) in [6.07, 6.45) is 6.85. The summed E-state index contributed by atoms with van der Waals surface area (Å²) in [7, 11) is 0. The Morgan fingerprint density at radius 3 is 2.60 bits per heavy atom. The molecule has 1 N–H and O–H groups in total. The third-order valence-electron chi connectivity index (χ3n) is 6.97. The minimum atomic E-state index is -0.219. The summed E-state index contributed by atoms with van der Waals surface area (Å²) in [5.74, 6) is 0.841. The molecule has 2 aromatic carbocycles. The number of aryl methyl sites for hydroxylation is 1. The van der Waals surface area contributed by atoms with Crippen molar-refractivity contribution in [2.45, 2.75) is 45.2 Å². The number of hydrogen-bond donors (Lipinski definition) is 1. The number of aromatic nitrogens is 1. The first kappa shape index (κ1) is 22.0. The Labute approximate surface area is 210 Å². The number of amides is 2. The van der Waals surface area contributed by atoms with Crippen molar-refractivity contribution in [3.8, 4) is 10.8 Å². The zero-order valence-electron chi connectivity index (χ0n) is 19.9. The number of hydrogen-bond acceptors (Lipinski definition) is 3. The lowest BCUT2D eigenvalue weighted by atomic mass is 9.95.